The van der Waals surface area contributed by atoms with Crippen molar-refractivity contribution in [2.75, 3.05) is 0 Å². The average Bonchev–Trinajstić information content (AvgIpc) is 2.47. The predicted octanol–water partition coefficient (Wildman–Crippen LogP) is 0.240. The Morgan fingerprint density at radius 2 is 2.00 bits per heavy atom. The summed E-state index contributed by atoms with van der Waals surface area (Å²) in [6, 6.07) is 9.38. The molecule has 2 rings (SSSR count). The highest BCUT2D eigenvalue weighted by Gasteiger charge is 2.10. The number of hydrogen-bond donors (Lipinski definition) is 0. The third kappa shape index (κ3) is 1.38. The Morgan fingerprint density at radius 1 is 1.31 bits per heavy atom. The van der Waals surface area contributed by atoms with Gasteiger partial charge in [0.05, 0.1) is 5.56 Å². The number of nitrogens with zero attached hydrogens (tertiary/aromatic N) is 2. The first-order chi connectivity index (χ1) is 6.27. The Morgan fingerprint density at radius 3 is 2.54 bits per heavy atom. The van der Waals surface area contributed by atoms with Crippen molar-refractivity contribution >= 4 is 0 Å². The Balaban J connectivity index is 2.53. The van der Waals surface area contributed by atoms with Gasteiger partial charge in [-0.05, 0) is 12.1 Å². The van der Waals surface area contributed by atoms with E-state index in [0.29, 0.717) is 5.89 Å². The van der Waals surface area contributed by atoms with Gasteiger partial charge in [-0.2, -0.15) is 0 Å². The molecule has 0 saturated heterocycles. The van der Waals surface area contributed by atoms with Gasteiger partial charge in [0.1, 0.15) is 0 Å². The van der Waals surface area contributed by atoms with Crippen molar-refractivity contribution in [1.82, 2.24) is 5.10 Å². The van der Waals surface area contributed by atoms with Crippen LogP contribution >= 0.6 is 0 Å². The second-order valence-corrected chi connectivity index (χ2v) is 2.66. The Bertz CT molecular complexity index is 409. The summed E-state index contributed by atoms with van der Waals surface area (Å²) in [5.41, 5.74) is 0.847. The molecule has 0 radical (unpaired) electrons. The lowest BCUT2D eigenvalue weighted by Crippen LogP contribution is -2.32. The lowest BCUT2D eigenvalue weighted by Gasteiger charge is -1.93. The maximum Gasteiger partial charge on any atom is 0.296 e. The molecule has 0 aliphatic rings. The summed E-state index contributed by atoms with van der Waals surface area (Å²) in [5.74, 6) is 0.477. The van der Waals surface area contributed by atoms with E-state index in [1.807, 2.05) is 30.3 Å². The van der Waals surface area contributed by atoms with Crippen LogP contribution in [0.5, 0.6) is 6.08 Å². The van der Waals surface area contributed by atoms with Crippen LogP contribution in [0.15, 0.2) is 34.7 Å². The molecule has 1 heterocycles. The molecule has 0 unspecified atom stereocenters. The van der Waals surface area contributed by atoms with E-state index in [1.54, 1.807) is 7.05 Å². The summed E-state index contributed by atoms with van der Waals surface area (Å²) in [4.78, 5) is 0. The van der Waals surface area contributed by atoms with Crippen molar-refractivity contribution in [2.24, 2.45) is 7.05 Å². The van der Waals surface area contributed by atoms with E-state index in [2.05, 4.69) is 5.10 Å². The molecule has 13 heavy (non-hydrogen) atoms. The summed E-state index contributed by atoms with van der Waals surface area (Å²) < 4.78 is 6.32. The van der Waals surface area contributed by atoms with Gasteiger partial charge in [-0.3, -0.25) is 0 Å². The maximum absolute atomic E-state index is 10.8. The molecule has 0 amide bonds. The summed E-state index contributed by atoms with van der Waals surface area (Å²) in [6.45, 7) is 0. The molecule has 0 fully saturated rings. The van der Waals surface area contributed by atoms with Gasteiger partial charge < -0.3 is 9.52 Å². The van der Waals surface area contributed by atoms with Gasteiger partial charge in [0.2, 0.25) is 6.08 Å². The monoisotopic (exact) mass is 176 g/mol. The first kappa shape index (κ1) is 7.79. The molecular weight excluding hydrogens is 168 g/mol. The highest BCUT2D eigenvalue weighted by molar-refractivity contribution is 5.49. The van der Waals surface area contributed by atoms with Crippen LogP contribution in [0.3, 0.4) is 0 Å². The highest BCUT2D eigenvalue weighted by Crippen LogP contribution is 2.16. The van der Waals surface area contributed by atoms with Gasteiger partial charge >= 0.3 is 0 Å². The van der Waals surface area contributed by atoms with E-state index in [1.165, 1.54) is 4.68 Å². The van der Waals surface area contributed by atoms with Crippen molar-refractivity contribution in [3.05, 3.63) is 30.3 Å². The lowest BCUT2D eigenvalue weighted by atomic mass is 10.2. The second-order valence-electron chi connectivity index (χ2n) is 2.66. The number of aromatic nitrogens is 2. The fourth-order valence-corrected chi connectivity index (χ4v) is 1.16. The lowest BCUT2D eigenvalue weighted by molar-refractivity contribution is -0.722. The zero-order valence-electron chi connectivity index (χ0n) is 7.10. The van der Waals surface area contributed by atoms with Crippen LogP contribution in [0.1, 0.15) is 0 Å². The molecular formula is C9H8N2O2. The summed E-state index contributed by atoms with van der Waals surface area (Å²) >= 11 is 0. The van der Waals surface area contributed by atoms with E-state index >= 15 is 0 Å². The molecule has 0 spiro atoms. The standard InChI is InChI=1S/C9H8N2O2/c1-11-8(13-9(12)10-11)7-5-3-2-4-6-7/h2-6H,1H3. The Labute approximate surface area is 75.1 Å². The minimum Gasteiger partial charge on any atom is -0.524 e. The summed E-state index contributed by atoms with van der Waals surface area (Å²) in [7, 11) is 1.67. The Kier molecular flexibility index (Phi) is 1.73. The molecule has 66 valence electrons. The van der Waals surface area contributed by atoms with Crippen molar-refractivity contribution in [1.29, 1.82) is 0 Å². The topological polar surface area (TPSA) is 53.0 Å². The maximum atomic E-state index is 10.8. The van der Waals surface area contributed by atoms with Crippen molar-refractivity contribution in [2.45, 2.75) is 0 Å². The minimum absolute atomic E-state index is 0.477. The number of rotatable bonds is 1. The molecule has 4 nitrogen and oxygen atoms in total. The summed E-state index contributed by atoms with van der Waals surface area (Å²) in [6.07, 6.45) is -0.568. The van der Waals surface area contributed by atoms with E-state index in [0.717, 1.165) is 5.56 Å². The van der Waals surface area contributed by atoms with Crippen LogP contribution in [0.25, 0.3) is 11.5 Å². The van der Waals surface area contributed by atoms with Gasteiger partial charge in [0.15, 0.2) is 7.05 Å². The van der Waals surface area contributed by atoms with Crippen molar-refractivity contribution in [3.8, 4) is 17.5 Å². The predicted molar refractivity (Wildman–Crippen MR) is 42.6 cm³/mol. The van der Waals surface area contributed by atoms with Crippen molar-refractivity contribution < 1.29 is 14.2 Å². The number of aryl methyl sites for hydroxylation is 1. The third-order valence-electron chi connectivity index (χ3n) is 1.73. The van der Waals surface area contributed by atoms with E-state index in [4.69, 9.17) is 4.42 Å². The van der Waals surface area contributed by atoms with Crippen LogP contribution in [-0.2, 0) is 7.05 Å². The van der Waals surface area contributed by atoms with E-state index < -0.39 is 6.08 Å². The quantitative estimate of drug-likeness (QED) is 0.585. The van der Waals surface area contributed by atoms with Gasteiger partial charge in [0.25, 0.3) is 5.89 Å². The van der Waals surface area contributed by atoms with E-state index in [-0.39, 0.29) is 0 Å². The largest absolute Gasteiger partial charge is 0.524 e. The molecule has 0 aliphatic heterocycles. The molecule has 2 aromatic rings. The highest BCUT2D eigenvalue weighted by atomic mass is 16.5. The molecule has 0 atom stereocenters. The van der Waals surface area contributed by atoms with E-state index in [9.17, 15) is 5.11 Å². The molecule has 0 saturated carbocycles. The van der Waals surface area contributed by atoms with Crippen LogP contribution < -0.4 is 9.79 Å². The molecule has 0 N–H and O–H groups in total. The zero-order valence-corrected chi connectivity index (χ0v) is 7.10. The number of benzene rings is 1. The average molecular weight is 176 g/mol. The third-order valence-corrected chi connectivity index (χ3v) is 1.73. The number of hydrogen-bond acceptors (Lipinski definition) is 3. The van der Waals surface area contributed by atoms with Gasteiger partial charge in [-0.25, -0.2) is 0 Å². The van der Waals surface area contributed by atoms with Crippen LogP contribution in [-0.4, -0.2) is 5.10 Å². The SMILES string of the molecule is C[n+]1nc([O-])oc1-c1ccccc1. The fourth-order valence-electron chi connectivity index (χ4n) is 1.16. The molecule has 1 aromatic carbocycles. The van der Waals surface area contributed by atoms with Crippen LogP contribution in [0.4, 0.5) is 0 Å². The smallest absolute Gasteiger partial charge is 0.296 e. The first-order valence-electron chi connectivity index (χ1n) is 3.87. The molecule has 0 bridgehead atoms. The first-order valence-corrected chi connectivity index (χ1v) is 3.87. The van der Waals surface area contributed by atoms with Gasteiger partial charge in [-0.1, -0.05) is 22.9 Å². The Hall–Kier alpha value is -1.84. The molecule has 0 aliphatic carbocycles. The normalized spacial score (nSPS) is 10.2. The zero-order chi connectivity index (χ0) is 9.26. The summed E-state index contributed by atoms with van der Waals surface area (Å²) in [5, 5.41) is 14.4. The minimum atomic E-state index is -0.568. The van der Waals surface area contributed by atoms with Gasteiger partial charge in [0, 0.05) is 5.10 Å². The van der Waals surface area contributed by atoms with Crippen molar-refractivity contribution in [3.63, 3.8) is 0 Å². The molecule has 4 heteroatoms. The van der Waals surface area contributed by atoms with Crippen LogP contribution in [0.2, 0.25) is 0 Å². The second kappa shape index (κ2) is 2.90. The van der Waals surface area contributed by atoms with Crippen LogP contribution in [0, 0.1) is 0 Å². The van der Waals surface area contributed by atoms with Gasteiger partial charge in [-0.15, -0.1) is 0 Å². The fraction of sp³-hybridized carbons (Fsp3) is 0.111. The molecule has 1 aromatic heterocycles.